The minimum Gasteiger partial charge on any atom is -0.352 e. The zero-order chi connectivity index (χ0) is 9.68. The average molecular weight is 179 g/mol. The van der Waals surface area contributed by atoms with E-state index in [0.29, 0.717) is 0 Å². The van der Waals surface area contributed by atoms with Crippen molar-refractivity contribution in [1.29, 1.82) is 0 Å². The van der Waals surface area contributed by atoms with E-state index in [1.54, 1.807) is 12.5 Å². The van der Waals surface area contributed by atoms with Gasteiger partial charge in [0.05, 0.1) is 11.8 Å². The summed E-state index contributed by atoms with van der Waals surface area (Å²) in [4.78, 5) is 19.9. The third-order valence-corrected chi connectivity index (χ3v) is 1.19. The van der Waals surface area contributed by atoms with Crippen molar-refractivity contribution in [2.75, 3.05) is 0 Å². The number of nitrogens with one attached hydrogen (secondary N) is 1. The van der Waals surface area contributed by atoms with Crippen LogP contribution in [0.15, 0.2) is 24.7 Å². The van der Waals surface area contributed by atoms with Crippen LogP contribution >= 0.6 is 0 Å². The number of nitrogens with two attached hydrogens (primary N) is 2. The second-order valence-electron chi connectivity index (χ2n) is 2.18. The smallest absolute Gasteiger partial charge is 0.309 e. The van der Waals surface area contributed by atoms with E-state index in [1.807, 2.05) is 12.1 Å². The molecule has 0 aliphatic heterocycles. The number of aromatic nitrogens is 3. The molecule has 2 heterocycles. The van der Waals surface area contributed by atoms with E-state index in [-0.39, 0.29) is 0 Å². The Morgan fingerprint density at radius 2 is 2.08 bits per heavy atom. The Labute approximate surface area is 74.0 Å². The van der Waals surface area contributed by atoms with Gasteiger partial charge in [-0.25, -0.2) is 14.8 Å². The Morgan fingerprint density at radius 1 is 1.38 bits per heavy atom. The summed E-state index contributed by atoms with van der Waals surface area (Å²) in [7, 11) is 0. The lowest BCUT2D eigenvalue weighted by Crippen LogP contribution is -2.18. The SMILES string of the molecule is NC(N)=O.c1cnc2nc[nH]c2c1. The van der Waals surface area contributed by atoms with Gasteiger partial charge in [0.1, 0.15) is 0 Å². The summed E-state index contributed by atoms with van der Waals surface area (Å²) in [6.07, 6.45) is 3.36. The standard InChI is InChI=1S/C6H5N3.CH4N2O/c1-2-5-6(7-3-1)9-4-8-5;2-1(3)4/h1-4H,(H,7,8,9);(H4,2,3,4). The maximum Gasteiger partial charge on any atom is 0.309 e. The fourth-order valence-electron chi connectivity index (χ4n) is 0.775. The number of pyridine rings is 1. The quantitative estimate of drug-likeness (QED) is 0.528. The van der Waals surface area contributed by atoms with Gasteiger partial charge in [-0.2, -0.15) is 0 Å². The van der Waals surface area contributed by atoms with Crippen LogP contribution in [0, 0.1) is 0 Å². The van der Waals surface area contributed by atoms with Crippen LogP contribution in [-0.4, -0.2) is 21.0 Å². The Morgan fingerprint density at radius 3 is 2.69 bits per heavy atom. The molecule has 0 aliphatic carbocycles. The van der Waals surface area contributed by atoms with Crippen LogP contribution in [0.2, 0.25) is 0 Å². The van der Waals surface area contributed by atoms with E-state index in [0.717, 1.165) is 11.2 Å². The summed E-state index contributed by atoms with van der Waals surface area (Å²) in [5.41, 5.74) is 10.3. The Balaban J connectivity index is 0.000000184. The summed E-state index contributed by atoms with van der Waals surface area (Å²) in [6.45, 7) is 0. The molecule has 2 rings (SSSR count). The molecule has 6 nitrogen and oxygen atoms in total. The second kappa shape index (κ2) is 4.05. The highest BCUT2D eigenvalue weighted by Crippen LogP contribution is 2.01. The van der Waals surface area contributed by atoms with Crippen LogP contribution in [0.1, 0.15) is 0 Å². The number of amides is 2. The monoisotopic (exact) mass is 179 g/mol. The number of hydrogen-bond acceptors (Lipinski definition) is 3. The first kappa shape index (κ1) is 8.98. The maximum absolute atomic E-state index is 9.00. The van der Waals surface area contributed by atoms with Gasteiger partial charge in [0.15, 0.2) is 5.65 Å². The van der Waals surface area contributed by atoms with Gasteiger partial charge in [-0.1, -0.05) is 0 Å². The van der Waals surface area contributed by atoms with E-state index in [9.17, 15) is 0 Å². The van der Waals surface area contributed by atoms with Crippen molar-refractivity contribution in [2.45, 2.75) is 0 Å². The van der Waals surface area contributed by atoms with Gasteiger partial charge in [-0.15, -0.1) is 0 Å². The van der Waals surface area contributed by atoms with Crippen molar-refractivity contribution in [1.82, 2.24) is 15.0 Å². The lowest BCUT2D eigenvalue weighted by molar-refractivity contribution is 0.256. The highest BCUT2D eigenvalue weighted by Gasteiger charge is 1.90. The number of primary amides is 2. The molecule has 0 aliphatic rings. The van der Waals surface area contributed by atoms with E-state index < -0.39 is 6.03 Å². The summed E-state index contributed by atoms with van der Waals surface area (Å²) < 4.78 is 0. The molecule has 2 aromatic rings. The number of H-pyrrole nitrogens is 1. The number of fused-ring (bicyclic) bond motifs is 1. The molecule has 5 N–H and O–H groups in total. The molecule has 2 aromatic heterocycles. The predicted molar refractivity (Wildman–Crippen MR) is 47.7 cm³/mol. The Bertz CT molecular complexity index is 362. The molecule has 2 amide bonds. The van der Waals surface area contributed by atoms with Gasteiger partial charge in [-0.3, -0.25) is 0 Å². The third-order valence-electron chi connectivity index (χ3n) is 1.19. The average Bonchev–Trinajstić information content (AvgIpc) is 2.49. The molecule has 0 aromatic carbocycles. The van der Waals surface area contributed by atoms with Crippen LogP contribution in [0.5, 0.6) is 0 Å². The van der Waals surface area contributed by atoms with E-state index in [1.165, 1.54) is 0 Å². The molecule has 0 radical (unpaired) electrons. The van der Waals surface area contributed by atoms with E-state index in [4.69, 9.17) is 4.79 Å². The summed E-state index contributed by atoms with van der Waals surface area (Å²) in [5, 5.41) is 0. The number of carbonyl (C=O) groups excluding carboxylic acids is 1. The molecule has 0 fully saturated rings. The van der Waals surface area contributed by atoms with Gasteiger partial charge in [0, 0.05) is 6.20 Å². The normalized spacial score (nSPS) is 8.92. The number of imidazole rings is 1. The first-order valence-corrected chi connectivity index (χ1v) is 3.49. The highest BCUT2D eigenvalue weighted by molar-refractivity contribution is 5.69. The fourth-order valence-corrected chi connectivity index (χ4v) is 0.775. The van der Waals surface area contributed by atoms with Crippen LogP contribution in [0.25, 0.3) is 11.2 Å². The maximum atomic E-state index is 9.00. The first-order valence-electron chi connectivity index (χ1n) is 3.49. The number of rotatable bonds is 0. The van der Waals surface area contributed by atoms with Crippen molar-refractivity contribution in [3.8, 4) is 0 Å². The molecule has 0 bridgehead atoms. The van der Waals surface area contributed by atoms with E-state index >= 15 is 0 Å². The van der Waals surface area contributed by atoms with Crippen molar-refractivity contribution in [3.63, 3.8) is 0 Å². The molecule has 0 unspecified atom stereocenters. The molecule has 13 heavy (non-hydrogen) atoms. The van der Waals surface area contributed by atoms with Crippen LogP contribution in [0.4, 0.5) is 4.79 Å². The topological polar surface area (TPSA) is 111 Å². The Hall–Kier alpha value is -2.11. The van der Waals surface area contributed by atoms with E-state index in [2.05, 4.69) is 26.4 Å². The van der Waals surface area contributed by atoms with Crippen LogP contribution in [0.3, 0.4) is 0 Å². The Kier molecular flexibility index (Phi) is 2.80. The number of urea groups is 1. The molecule has 6 heteroatoms. The molecular formula is C7H9N5O. The minimum absolute atomic E-state index is 0.775. The van der Waals surface area contributed by atoms with Gasteiger partial charge in [-0.05, 0) is 12.1 Å². The zero-order valence-electron chi connectivity index (χ0n) is 6.77. The van der Waals surface area contributed by atoms with Gasteiger partial charge >= 0.3 is 6.03 Å². The summed E-state index contributed by atoms with van der Waals surface area (Å²) in [6, 6.07) is 2.98. The predicted octanol–water partition coefficient (Wildman–Crippen LogP) is -0.0183. The number of aromatic amines is 1. The minimum atomic E-state index is -0.833. The molecular weight excluding hydrogens is 170 g/mol. The highest BCUT2D eigenvalue weighted by atomic mass is 16.2. The van der Waals surface area contributed by atoms with Crippen LogP contribution in [-0.2, 0) is 0 Å². The lowest BCUT2D eigenvalue weighted by atomic mass is 10.4. The molecule has 68 valence electrons. The first-order chi connectivity index (χ1) is 6.20. The molecule has 0 saturated heterocycles. The van der Waals surface area contributed by atoms with Gasteiger partial charge < -0.3 is 16.5 Å². The number of nitrogens with zero attached hydrogens (tertiary/aromatic N) is 2. The van der Waals surface area contributed by atoms with Crippen molar-refractivity contribution < 1.29 is 4.79 Å². The van der Waals surface area contributed by atoms with Crippen molar-refractivity contribution in [3.05, 3.63) is 24.7 Å². The van der Waals surface area contributed by atoms with Crippen molar-refractivity contribution >= 4 is 17.2 Å². The van der Waals surface area contributed by atoms with Gasteiger partial charge in [0.2, 0.25) is 0 Å². The van der Waals surface area contributed by atoms with Crippen LogP contribution < -0.4 is 11.5 Å². The molecule has 0 atom stereocenters. The van der Waals surface area contributed by atoms with Gasteiger partial charge in [0.25, 0.3) is 0 Å². The number of hydrogen-bond donors (Lipinski definition) is 3. The summed E-state index contributed by atoms with van der Waals surface area (Å²) in [5.74, 6) is 0. The number of carbonyl (C=O) groups is 1. The second-order valence-corrected chi connectivity index (χ2v) is 2.18. The lowest BCUT2D eigenvalue weighted by Gasteiger charge is -1.80. The zero-order valence-corrected chi connectivity index (χ0v) is 6.77. The molecule has 0 spiro atoms. The fraction of sp³-hybridized carbons (Fsp3) is 0. The third kappa shape index (κ3) is 2.78. The van der Waals surface area contributed by atoms with Crippen molar-refractivity contribution in [2.24, 2.45) is 11.5 Å². The summed E-state index contributed by atoms with van der Waals surface area (Å²) >= 11 is 0. The molecule has 0 saturated carbocycles. The largest absolute Gasteiger partial charge is 0.352 e.